The van der Waals surface area contributed by atoms with Crippen LogP contribution < -0.4 is 0 Å². The Hall–Kier alpha value is -2.63. The van der Waals surface area contributed by atoms with Gasteiger partial charge in [-0.2, -0.15) is 0 Å². The van der Waals surface area contributed by atoms with Crippen molar-refractivity contribution in [2.75, 3.05) is 13.2 Å². The fraction of sp³-hybridized carbons (Fsp3) is 0.855. The summed E-state index contributed by atoms with van der Waals surface area (Å²) in [4.78, 5) is 38.5. The molecule has 0 amide bonds. The van der Waals surface area contributed by atoms with Crippen LogP contribution in [-0.2, 0) is 28.6 Å². The zero-order chi connectivity index (χ0) is 59.2. The number of carbonyl (C=O) groups is 3. The predicted octanol–water partition coefficient (Wildman–Crippen LogP) is 25.3. The van der Waals surface area contributed by atoms with Gasteiger partial charge in [-0.3, -0.25) is 14.4 Å². The van der Waals surface area contributed by atoms with Crippen molar-refractivity contribution in [3.63, 3.8) is 0 Å². The Bertz CT molecular complexity index is 1410. The molecule has 0 saturated heterocycles. The van der Waals surface area contributed by atoms with Crippen LogP contribution >= 0.6 is 0 Å². The summed E-state index contributed by atoms with van der Waals surface area (Å²) in [6.07, 6.45) is 89.9. The van der Waals surface area contributed by atoms with E-state index in [-0.39, 0.29) is 31.1 Å². The van der Waals surface area contributed by atoms with Crippen molar-refractivity contribution in [2.24, 2.45) is 0 Å². The highest BCUT2D eigenvalue weighted by atomic mass is 16.6. The Balaban J connectivity index is 4.29. The molecule has 0 aromatic carbocycles. The number of ether oxygens (including phenoxy) is 3. The minimum atomic E-state index is -0.774. The van der Waals surface area contributed by atoms with Crippen LogP contribution in [-0.4, -0.2) is 37.2 Å². The normalized spacial score (nSPS) is 12.3. The third kappa shape index (κ3) is 68.2. The SMILES string of the molecule is CCCCCCC/C=C\C/C=C\C/C=C\CCCCCCCCCCCCCCC(=O)OCC(COC(=O)CCCCCCCCCCCCCCCCCCCC)OC(=O)CCCCCCCCCCC/C=C\CCCCCCCC. The van der Waals surface area contributed by atoms with Gasteiger partial charge in [0.1, 0.15) is 13.2 Å². The van der Waals surface area contributed by atoms with Crippen molar-refractivity contribution in [3.05, 3.63) is 48.6 Å². The molecule has 0 spiro atoms. The smallest absolute Gasteiger partial charge is 0.306 e. The number of rotatable bonds is 68. The van der Waals surface area contributed by atoms with Crippen LogP contribution in [0.2, 0.25) is 0 Å². The molecule has 1 atom stereocenters. The zero-order valence-corrected chi connectivity index (χ0v) is 55.3. The van der Waals surface area contributed by atoms with Crippen molar-refractivity contribution >= 4 is 17.9 Å². The lowest BCUT2D eigenvalue weighted by atomic mass is 10.0. The number of esters is 3. The molecule has 0 radical (unpaired) electrons. The minimum absolute atomic E-state index is 0.0692. The first-order chi connectivity index (χ1) is 40.5. The van der Waals surface area contributed by atoms with Crippen LogP contribution in [0.1, 0.15) is 400 Å². The Labute approximate surface area is 511 Å². The predicted molar refractivity (Wildman–Crippen MR) is 358 cm³/mol. The van der Waals surface area contributed by atoms with Crippen molar-refractivity contribution in [2.45, 2.75) is 406 Å². The van der Waals surface area contributed by atoms with Crippen LogP contribution in [0.5, 0.6) is 0 Å². The van der Waals surface area contributed by atoms with Crippen LogP contribution in [0.4, 0.5) is 0 Å². The number of allylic oxidation sites excluding steroid dienone is 8. The van der Waals surface area contributed by atoms with E-state index in [0.717, 1.165) is 70.6 Å². The van der Waals surface area contributed by atoms with E-state index >= 15 is 0 Å². The van der Waals surface area contributed by atoms with Gasteiger partial charge in [0.15, 0.2) is 6.10 Å². The lowest BCUT2D eigenvalue weighted by molar-refractivity contribution is -0.167. The molecule has 0 fully saturated rings. The summed E-state index contributed by atoms with van der Waals surface area (Å²) >= 11 is 0. The molecule has 6 nitrogen and oxygen atoms in total. The Morgan fingerprint density at radius 3 is 0.695 bits per heavy atom. The van der Waals surface area contributed by atoms with E-state index < -0.39 is 6.10 Å². The molecule has 1 unspecified atom stereocenters. The quantitative estimate of drug-likeness (QED) is 0.0261. The van der Waals surface area contributed by atoms with Crippen LogP contribution in [0, 0.1) is 0 Å². The maximum absolute atomic E-state index is 13.0. The largest absolute Gasteiger partial charge is 0.462 e. The maximum atomic E-state index is 13.0. The molecule has 6 heteroatoms. The summed E-state index contributed by atoms with van der Waals surface area (Å²) in [6.45, 7) is 6.70. The average molecular weight is 1150 g/mol. The number of carbonyl (C=O) groups excluding carboxylic acids is 3. The van der Waals surface area contributed by atoms with Crippen LogP contribution in [0.15, 0.2) is 48.6 Å². The molecule has 0 N–H and O–H groups in total. The summed E-state index contributed by atoms with van der Waals surface area (Å²) in [6, 6.07) is 0. The maximum Gasteiger partial charge on any atom is 0.306 e. The molecule has 0 heterocycles. The molecule has 82 heavy (non-hydrogen) atoms. The second-order valence-electron chi connectivity index (χ2n) is 24.9. The molecule has 0 aliphatic rings. The Morgan fingerprint density at radius 1 is 0.244 bits per heavy atom. The monoisotopic (exact) mass is 1150 g/mol. The van der Waals surface area contributed by atoms with E-state index in [1.807, 2.05) is 0 Å². The molecule has 480 valence electrons. The minimum Gasteiger partial charge on any atom is -0.462 e. The topological polar surface area (TPSA) is 78.9 Å². The molecule has 0 aliphatic heterocycles. The van der Waals surface area contributed by atoms with Gasteiger partial charge in [-0.05, 0) is 83.5 Å². The van der Waals surface area contributed by atoms with E-state index in [2.05, 4.69) is 69.4 Å². The Morgan fingerprint density at radius 2 is 0.439 bits per heavy atom. The van der Waals surface area contributed by atoms with Crippen molar-refractivity contribution in [1.82, 2.24) is 0 Å². The van der Waals surface area contributed by atoms with Gasteiger partial charge in [0.25, 0.3) is 0 Å². The van der Waals surface area contributed by atoms with Gasteiger partial charge < -0.3 is 14.2 Å². The molecule has 0 rings (SSSR count). The summed E-state index contributed by atoms with van der Waals surface area (Å²) in [5.41, 5.74) is 0. The van der Waals surface area contributed by atoms with E-state index in [0.29, 0.717) is 19.3 Å². The van der Waals surface area contributed by atoms with Crippen LogP contribution in [0.3, 0.4) is 0 Å². The summed E-state index contributed by atoms with van der Waals surface area (Å²) in [7, 11) is 0. The third-order valence-corrected chi connectivity index (χ3v) is 16.6. The lowest BCUT2D eigenvalue weighted by Crippen LogP contribution is -2.30. The van der Waals surface area contributed by atoms with Gasteiger partial charge in [-0.1, -0.05) is 345 Å². The van der Waals surface area contributed by atoms with Crippen molar-refractivity contribution in [3.8, 4) is 0 Å². The van der Waals surface area contributed by atoms with E-state index in [1.165, 1.54) is 289 Å². The first-order valence-corrected chi connectivity index (χ1v) is 36.6. The fourth-order valence-corrected chi connectivity index (χ4v) is 11.0. The second-order valence-corrected chi connectivity index (χ2v) is 24.9. The van der Waals surface area contributed by atoms with Gasteiger partial charge in [0, 0.05) is 19.3 Å². The van der Waals surface area contributed by atoms with Gasteiger partial charge in [-0.25, -0.2) is 0 Å². The molecule has 0 aromatic heterocycles. The first-order valence-electron chi connectivity index (χ1n) is 36.6. The lowest BCUT2D eigenvalue weighted by Gasteiger charge is -2.18. The van der Waals surface area contributed by atoms with Gasteiger partial charge >= 0.3 is 17.9 Å². The zero-order valence-electron chi connectivity index (χ0n) is 55.3. The molecule has 0 bridgehead atoms. The van der Waals surface area contributed by atoms with E-state index in [4.69, 9.17) is 14.2 Å². The van der Waals surface area contributed by atoms with Gasteiger partial charge in [0.05, 0.1) is 0 Å². The standard InChI is InChI=1S/C76H140O6/c1-4-7-10-13-16-19-22-25-28-31-34-35-36-37-38-39-40-41-43-45-48-51-54-57-60-63-66-69-75(78)81-72-73(71-80-74(77)68-65-62-59-56-53-50-47-44-33-30-27-24-21-18-15-12-9-6-3)82-76(79)70-67-64-61-58-55-52-49-46-42-32-29-26-23-20-17-14-11-8-5-2/h22,25-26,29,31,34,36-37,73H,4-21,23-24,27-28,30,32-33,35,38-72H2,1-3H3/b25-22-,29-26-,34-31-,37-36-. The highest BCUT2D eigenvalue weighted by Crippen LogP contribution is 2.18. The molecule has 0 aliphatic carbocycles. The fourth-order valence-electron chi connectivity index (χ4n) is 11.0. The number of hydrogen-bond acceptors (Lipinski definition) is 6. The molecule has 0 aromatic rings. The number of hydrogen-bond donors (Lipinski definition) is 0. The van der Waals surface area contributed by atoms with Crippen LogP contribution in [0.25, 0.3) is 0 Å². The first kappa shape index (κ1) is 79.4. The average Bonchev–Trinajstić information content (AvgIpc) is 3.47. The van der Waals surface area contributed by atoms with E-state index in [1.54, 1.807) is 0 Å². The molecular weight excluding hydrogens is 1010 g/mol. The summed E-state index contributed by atoms with van der Waals surface area (Å²) < 4.78 is 17.0. The highest BCUT2D eigenvalue weighted by Gasteiger charge is 2.19. The summed E-state index contributed by atoms with van der Waals surface area (Å²) in [5, 5.41) is 0. The van der Waals surface area contributed by atoms with Gasteiger partial charge in [-0.15, -0.1) is 0 Å². The molecular formula is C76H140O6. The second kappa shape index (κ2) is 70.9. The molecule has 0 saturated carbocycles. The number of unbranched alkanes of at least 4 members (excludes halogenated alkanes) is 49. The highest BCUT2D eigenvalue weighted by molar-refractivity contribution is 5.71. The van der Waals surface area contributed by atoms with Crippen molar-refractivity contribution < 1.29 is 28.6 Å². The summed E-state index contributed by atoms with van der Waals surface area (Å²) in [5.74, 6) is -0.843. The van der Waals surface area contributed by atoms with Crippen molar-refractivity contribution in [1.29, 1.82) is 0 Å². The van der Waals surface area contributed by atoms with Gasteiger partial charge in [0.2, 0.25) is 0 Å². The van der Waals surface area contributed by atoms with E-state index in [9.17, 15) is 14.4 Å². The third-order valence-electron chi connectivity index (χ3n) is 16.6. The Kier molecular flexibility index (Phi) is 68.6.